The predicted octanol–water partition coefficient (Wildman–Crippen LogP) is 2.78. The Bertz CT molecular complexity index is 267. The van der Waals surface area contributed by atoms with Gasteiger partial charge in [0, 0.05) is 6.54 Å². The molecule has 104 valence electrons. The van der Waals surface area contributed by atoms with Gasteiger partial charge in [0.15, 0.2) is 0 Å². The maximum atomic E-state index is 9.16. The van der Waals surface area contributed by atoms with E-state index in [2.05, 4.69) is 30.3 Å². The van der Waals surface area contributed by atoms with E-state index in [1.54, 1.807) is 0 Å². The van der Waals surface area contributed by atoms with Gasteiger partial charge in [0.05, 0.1) is 6.07 Å². The van der Waals surface area contributed by atoms with Gasteiger partial charge in [-0.2, -0.15) is 5.26 Å². The third-order valence-corrected chi connectivity index (χ3v) is 4.07. The lowest BCUT2D eigenvalue weighted by Crippen LogP contribution is -2.40. The summed E-state index contributed by atoms with van der Waals surface area (Å²) in [5, 5.41) is 12.4. The Kier molecular flexibility index (Phi) is 6.67. The van der Waals surface area contributed by atoms with E-state index < -0.39 is 0 Å². The van der Waals surface area contributed by atoms with Gasteiger partial charge in [-0.05, 0) is 65.1 Å². The molecule has 0 aromatic heterocycles. The van der Waals surface area contributed by atoms with Gasteiger partial charge in [-0.3, -0.25) is 5.32 Å². The summed E-state index contributed by atoms with van der Waals surface area (Å²) in [5.74, 6) is 0.959. The van der Waals surface area contributed by atoms with Crippen molar-refractivity contribution < 1.29 is 0 Å². The van der Waals surface area contributed by atoms with Crippen LogP contribution < -0.4 is 5.32 Å². The number of nitriles is 1. The summed E-state index contributed by atoms with van der Waals surface area (Å²) in [4.78, 5) is 2.46. The van der Waals surface area contributed by atoms with E-state index in [0.29, 0.717) is 0 Å². The lowest BCUT2D eigenvalue weighted by molar-refractivity contribution is 0.202. The fraction of sp³-hybridized carbons (Fsp3) is 0.933. The number of nitrogens with zero attached hydrogens (tertiary/aromatic N) is 2. The SMILES string of the molecule is CCNC(C)(C#N)CCCCN(C)CC1CCC1. The molecule has 1 unspecified atom stereocenters. The zero-order valence-electron chi connectivity index (χ0n) is 12.3. The van der Waals surface area contributed by atoms with Crippen LogP contribution >= 0.6 is 0 Å². The molecule has 1 rings (SSSR count). The van der Waals surface area contributed by atoms with Crippen molar-refractivity contribution in [2.75, 3.05) is 26.7 Å². The smallest absolute Gasteiger partial charge is 0.103 e. The van der Waals surface area contributed by atoms with Crippen molar-refractivity contribution in [1.29, 1.82) is 5.26 Å². The molecule has 1 atom stereocenters. The standard InChI is InChI=1S/C15H29N3/c1-4-17-15(2,13-16)10-5-6-11-18(3)12-14-8-7-9-14/h14,17H,4-12H2,1-3H3. The molecule has 0 amide bonds. The van der Waals surface area contributed by atoms with Crippen molar-refractivity contribution in [2.45, 2.75) is 57.9 Å². The van der Waals surface area contributed by atoms with Gasteiger partial charge in [-0.1, -0.05) is 13.3 Å². The Balaban J connectivity index is 2.07. The maximum Gasteiger partial charge on any atom is 0.103 e. The largest absolute Gasteiger partial charge is 0.306 e. The van der Waals surface area contributed by atoms with E-state index in [-0.39, 0.29) is 5.54 Å². The minimum Gasteiger partial charge on any atom is -0.306 e. The van der Waals surface area contributed by atoms with Crippen molar-refractivity contribution in [3.63, 3.8) is 0 Å². The molecule has 1 aliphatic carbocycles. The van der Waals surface area contributed by atoms with E-state index in [1.165, 1.54) is 38.8 Å². The third-order valence-electron chi connectivity index (χ3n) is 4.07. The Morgan fingerprint density at radius 1 is 1.39 bits per heavy atom. The van der Waals surface area contributed by atoms with Crippen molar-refractivity contribution in [2.24, 2.45) is 5.92 Å². The molecule has 1 N–H and O–H groups in total. The highest BCUT2D eigenvalue weighted by atomic mass is 15.1. The van der Waals surface area contributed by atoms with Crippen LogP contribution in [0.1, 0.15) is 52.4 Å². The second-order valence-corrected chi connectivity index (χ2v) is 5.99. The van der Waals surface area contributed by atoms with Gasteiger partial charge in [-0.25, -0.2) is 0 Å². The van der Waals surface area contributed by atoms with Gasteiger partial charge in [0.2, 0.25) is 0 Å². The Hall–Kier alpha value is -0.590. The highest BCUT2D eigenvalue weighted by Crippen LogP contribution is 2.26. The van der Waals surface area contributed by atoms with Crippen LogP contribution in [-0.4, -0.2) is 37.1 Å². The van der Waals surface area contributed by atoms with Crippen LogP contribution in [0.4, 0.5) is 0 Å². The maximum absolute atomic E-state index is 9.16. The summed E-state index contributed by atoms with van der Waals surface area (Å²) >= 11 is 0. The van der Waals surface area contributed by atoms with Crippen LogP contribution in [0.2, 0.25) is 0 Å². The molecule has 0 saturated heterocycles. The number of unbranched alkanes of at least 4 members (excludes halogenated alkanes) is 1. The Morgan fingerprint density at radius 2 is 2.11 bits per heavy atom. The molecule has 0 aromatic carbocycles. The molecule has 3 heteroatoms. The second-order valence-electron chi connectivity index (χ2n) is 5.99. The lowest BCUT2D eigenvalue weighted by atomic mass is 9.85. The van der Waals surface area contributed by atoms with Crippen LogP contribution in [0, 0.1) is 17.2 Å². The van der Waals surface area contributed by atoms with Gasteiger partial charge in [0.1, 0.15) is 5.54 Å². The highest BCUT2D eigenvalue weighted by Gasteiger charge is 2.22. The van der Waals surface area contributed by atoms with Crippen molar-refractivity contribution >= 4 is 0 Å². The molecule has 0 spiro atoms. The highest BCUT2D eigenvalue weighted by molar-refractivity contribution is 5.03. The summed E-state index contributed by atoms with van der Waals surface area (Å²) in [5.41, 5.74) is -0.332. The van der Waals surface area contributed by atoms with Gasteiger partial charge in [-0.15, -0.1) is 0 Å². The van der Waals surface area contributed by atoms with Crippen molar-refractivity contribution in [3.8, 4) is 6.07 Å². The molecule has 1 fully saturated rings. The van der Waals surface area contributed by atoms with E-state index in [0.717, 1.165) is 25.3 Å². The molecular formula is C15H29N3. The zero-order chi connectivity index (χ0) is 13.4. The first-order chi connectivity index (χ1) is 8.59. The van der Waals surface area contributed by atoms with Crippen LogP contribution in [0.25, 0.3) is 0 Å². The van der Waals surface area contributed by atoms with E-state index >= 15 is 0 Å². The van der Waals surface area contributed by atoms with Gasteiger partial charge < -0.3 is 4.90 Å². The molecule has 3 nitrogen and oxygen atoms in total. The average Bonchev–Trinajstić information content (AvgIpc) is 2.30. The second kappa shape index (κ2) is 7.76. The fourth-order valence-corrected chi connectivity index (χ4v) is 2.64. The Labute approximate surface area is 113 Å². The number of hydrogen-bond acceptors (Lipinski definition) is 3. The van der Waals surface area contributed by atoms with Crippen LogP contribution in [-0.2, 0) is 0 Å². The topological polar surface area (TPSA) is 39.1 Å². The molecule has 0 bridgehead atoms. The minimum atomic E-state index is -0.332. The van der Waals surface area contributed by atoms with Crippen LogP contribution in [0.15, 0.2) is 0 Å². The molecular weight excluding hydrogens is 222 g/mol. The van der Waals surface area contributed by atoms with Crippen molar-refractivity contribution in [1.82, 2.24) is 10.2 Å². The molecule has 0 aliphatic heterocycles. The molecule has 1 aliphatic rings. The monoisotopic (exact) mass is 251 g/mol. The molecule has 18 heavy (non-hydrogen) atoms. The predicted molar refractivity (Wildman–Crippen MR) is 76.4 cm³/mol. The van der Waals surface area contributed by atoms with Crippen LogP contribution in [0.5, 0.6) is 0 Å². The molecule has 1 saturated carbocycles. The minimum absolute atomic E-state index is 0.332. The van der Waals surface area contributed by atoms with Crippen molar-refractivity contribution in [3.05, 3.63) is 0 Å². The molecule has 0 heterocycles. The summed E-state index contributed by atoms with van der Waals surface area (Å²) in [7, 11) is 2.23. The first-order valence-electron chi connectivity index (χ1n) is 7.44. The van der Waals surface area contributed by atoms with E-state index in [9.17, 15) is 0 Å². The third kappa shape index (κ3) is 5.37. The molecule has 0 radical (unpaired) electrons. The molecule has 0 aromatic rings. The zero-order valence-corrected chi connectivity index (χ0v) is 12.3. The fourth-order valence-electron chi connectivity index (χ4n) is 2.64. The number of nitrogens with one attached hydrogen (secondary N) is 1. The normalized spacial score (nSPS) is 19.3. The number of hydrogen-bond donors (Lipinski definition) is 1. The summed E-state index contributed by atoms with van der Waals surface area (Å²) in [6.07, 6.45) is 7.57. The average molecular weight is 251 g/mol. The lowest BCUT2D eigenvalue weighted by Gasteiger charge is -2.30. The quantitative estimate of drug-likeness (QED) is 0.640. The van der Waals surface area contributed by atoms with E-state index in [1.807, 2.05) is 6.92 Å². The summed E-state index contributed by atoms with van der Waals surface area (Å²) in [6, 6.07) is 2.39. The van der Waals surface area contributed by atoms with E-state index in [4.69, 9.17) is 5.26 Å². The first kappa shape index (κ1) is 15.5. The van der Waals surface area contributed by atoms with Gasteiger partial charge in [0.25, 0.3) is 0 Å². The number of rotatable bonds is 9. The van der Waals surface area contributed by atoms with Crippen LogP contribution in [0.3, 0.4) is 0 Å². The summed E-state index contributed by atoms with van der Waals surface area (Å²) in [6.45, 7) is 7.37. The Morgan fingerprint density at radius 3 is 2.61 bits per heavy atom. The first-order valence-corrected chi connectivity index (χ1v) is 7.44. The summed E-state index contributed by atoms with van der Waals surface area (Å²) < 4.78 is 0. The van der Waals surface area contributed by atoms with Gasteiger partial charge >= 0.3 is 0 Å².